The average Bonchev–Trinajstić information content (AvgIpc) is 3.20. The molecule has 1 unspecified atom stereocenters. The van der Waals surface area contributed by atoms with Crippen LogP contribution in [0.3, 0.4) is 0 Å². The minimum atomic E-state index is -0.353. The number of rotatable bonds is 4. The Morgan fingerprint density at radius 3 is 2.52 bits per heavy atom. The summed E-state index contributed by atoms with van der Waals surface area (Å²) in [4.78, 5) is 19.0. The Balaban J connectivity index is 1.83. The number of allylic oxidation sites excluding steroid dienone is 1. The molecule has 29 heavy (non-hydrogen) atoms. The maximum absolute atomic E-state index is 12.7. The summed E-state index contributed by atoms with van der Waals surface area (Å²) in [6, 6.07) is 15.4. The first kappa shape index (κ1) is 18.9. The second-order valence-electron chi connectivity index (χ2n) is 7.26. The van der Waals surface area contributed by atoms with Crippen molar-refractivity contribution < 1.29 is 9.32 Å². The fourth-order valence-corrected chi connectivity index (χ4v) is 3.67. The molecule has 2 aromatic carbocycles. The van der Waals surface area contributed by atoms with Gasteiger partial charge in [-0.15, -0.1) is 0 Å². The van der Waals surface area contributed by atoms with Crippen LogP contribution in [0.15, 0.2) is 58.8 Å². The number of hydrogen-bond acceptors (Lipinski definition) is 4. The van der Waals surface area contributed by atoms with Crippen LogP contribution in [0, 0.1) is 13.8 Å². The van der Waals surface area contributed by atoms with Crippen LogP contribution < -0.4 is 5.32 Å². The topological polar surface area (TPSA) is 71.3 Å². The molecule has 2 amide bonds. The summed E-state index contributed by atoms with van der Waals surface area (Å²) in [6.07, 6.45) is 0. The van der Waals surface area contributed by atoms with Crippen molar-refractivity contribution in [2.45, 2.75) is 33.7 Å². The number of aromatic nitrogens is 2. The van der Waals surface area contributed by atoms with Crippen molar-refractivity contribution in [1.82, 2.24) is 20.4 Å². The van der Waals surface area contributed by atoms with Gasteiger partial charge in [0.1, 0.15) is 0 Å². The highest BCUT2D eigenvalue weighted by molar-refractivity contribution is 5.86. The monoisotopic (exact) mass is 388 g/mol. The molecular weight excluding hydrogens is 364 g/mol. The molecule has 1 aliphatic rings. The van der Waals surface area contributed by atoms with Gasteiger partial charge >= 0.3 is 6.03 Å². The third-order valence-corrected chi connectivity index (χ3v) is 5.47. The molecule has 0 aliphatic carbocycles. The summed E-state index contributed by atoms with van der Waals surface area (Å²) in [5.74, 6) is 0.947. The number of carbonyl (C=O) groups excluding carboxylic acids is 1. The number of aryl methyl sites for hydroxylation is 2. The van der Waals surface area contributed by atoms with E-state index in [4.69, 9.17) is 4.52 Å². The van der Waals surface area contributed by atoms with Crippen molar-refractivity contribution in [3.05, 3.63) is 76.8 Å². The zero-order valence-electron chi connectivity index (χ0n) is 17.1. The van der Waals surface area contributed by atoms with Gasteiger partial charge in [0.2, 0.25) is 5.82 Å². The predicted molar refractivity (Wildman–Crippen MR) is 112 cm³/mol. The van der Waals surface area contributed by atoms with Crippen molar-refractivity contribution in [2.75, 3.05) is 6.54 Å². The Hall–Kier alpha value is -3.41. The summed E-state index contributed by atoms with van der Waals surface area (Å²) in [6.45, 7) is 8.57. The Kier molecular flexibility index (Phi) is 4.92. The minimum Gasteiger partial charge on any atom is -0.334 e. The molecule has 0 spiro atoms. The van der Waals surface area contributed by atoms with Gasteiger partial charge in [-0.1, -0.05) is 53.7 Å². The lowest BCUT2D eigenvalue weighted by atomic mass is 9.92. The molecule has 4 rings (SSSR count). The third-order valence-electron chi connectivity index (χ3n) is 5.47. The van der Waals surface area contributed by atoms with Gasteiger partial charge in [0, 0.05) is 17.8 Å². The Morgan fingerprint density at radius 1 is 1.07 bits per heavy atom. The van der Waals surface area contributed by atoms with E-state index in [0.29, 0.717) is 18.3 Å². The molecule has 0 saturated heterocycles. The van der Waals surface area contributed by atoms with E-state index in [1.807, 2.05) is 50.2 Å². The highest BCUT2D eigenvalue weighted by Gasteiger charge is 2.35. The molecule has 6 nitrogen and oxygen atoms in total. The molecule has 148 valence electrons. The quantitative estimate of drug-likeness (QED) is 0.692. The normalized spacial score (nSPS) is 16.9. The first-order valence-corrected chi connectivity index (χ1v) is 9.75. The van der Waals surface area contributed by atoms with Gasteiger partial charge in [-0.3, -0.25) is 4.90 Å². The maximum atomic E-state index is 12.7. The number of carbonyl (C=O) groups is 1. The first-order chi connectivity index (χ1) is 14.0. The number of benzene rings is 2. The lowest BCUT2D eigenvalue weighted by molar-refractivity contribution is 0.207. The minimum absolute atomic E-state index is 0.125. The average molecular weight is 388 g/mol. The molecule has 0 saturated carbocycles. The van der Waals surface area contributed by atoms with Crippen LogP contribution in [0.2, 0.25) is 0 Å². The zero-order chi connectivity index (χ0) is 20.5. The largest absolute Gasteiger partial charge is 0.334 e. The molecule has 1 aliphatic heterocycles. The zero-order valence-corrected chi connectivity index (χ0v) is 17.1. The van der Waals surface area contributed by atoms with Crippen molar-refractivity contribution in [2.24, 2.45) is 0 Å². The first-order valence-electron chi connectivity index (χ1n) is 9.75. The number of urea groups is 1. The molecule has 2 heterocycles. The van der Waals surface area contributed by atoms with E-state index in [-0.39, 0.29) is 12.1 Å². The van der Waals surface area contributed by atoms with E-state index in [0.717, 1.165) is 22.4 Å². The number of nitrogens with one attached hydrogen (secondary N) is 1. The summed E-state index contributed by atoms with van der Waals surface area (Å²) in [7, 11) is 0. The van der Waals surface area contributed by atoms with Gasteiger partial charge in [-0.2, -0.15) is 4.98 Å². The van der Waals surface area contributed by atoms with Gasteiger partial charge in [-0.05, 0) is 44.4 Å². The lowest BCUT2D eigenvalue weighted by Gasteiger charge is -2.34. The Labute approximate surface area is 170 Å². The highest BCUT2D eigenvalue weighted by atomic mass is 16.5. The van der Waals surface area contributed by atoms with E-state index in [1.165, 1.54) is 11.1 Å². The number of hydrogen-bond donors (Lipinski definition) is 1. The Morgan fingerprint density at radius 2 is 1.83 bits per heavy atom. The smallest absolute Gasteiger partial charge is 0.322 e. The van der Waals surface area contributed by atoms with Crippen molar-refractivity contribution >= 4 is 11.6 Å². The number of nitrogens with zero attached hydrogens (tertiary/aromatic N) is 3. The van der Waals surface area contributed by atoms with Crippen LogP contribution in [-0.4, -0.2) is 27.6 Å². The van der Waals surface area contributed by atoms with E-state index >= 15 is 0 Å². The summed E-state index contributed by atoms with van der Waals surface area (Å²) in [5.41, 5.74) is 5.90. The van der Waals surface area contributed by atoms with Crippen molar-refractivity contribution in [1.29, 1.82) is 0 Å². The van der Waals surface area contributed by atoms with Crippen LogP contribution in [-0.2, 0) is 0 Å². The van der Waals surface area contributed by atoms with Gasteiger partial charge in [0.15, 0.2) is 0 Å². The summed E-state index contributed by atoms with van der Waals surface area (Å²) in [5, 5.41) is 7.28. The van der Waals surface area contributed by atoms with E-state index in [1.54, 1.807) is 4.90 Å². The predicted octanol–water partition coefficient (Wildman–Crippen LogP) is 4.87. The molecule has 1 N–H and O–H groups in total. The van der Waals surface area contributed by atoms with E-state index in [2.05, 4.69) is 41.4 Å². The second kappa shape index (κ2) is 7.54. The van der Waals surface area contributed by atoms with Gasteiger partial charge in [0.05, 0.1) is 11.6 Å². The van der Waals surface area contributed by atoms with Crippen LogP contribution >= 0.6 is 0 Å². The number of amides is 2. The lowest BCUT2D eigenvalue weighted by Crippen LogP contribution is -2.45. The molecular formula is C23H24N4O2. The fourth-order valence-electron chi connectivity index (χ4n) is 3.67. The van der Waals surface area contributed by atoms with E-state index < -0.39 is 0 Å². The van der Waals surface area contributed by atoms with Gasteiger partial charge in [0.25, 0.3) is 5.89 Å². The molecule has 0 bridgehead atoms. The fraction of sp³-hybridized carbons (Fsp3) is 0.261. The Bertz CT molecular complexity index is 1090. The maximum Gasteiger partial charge on any atom is 0.322 e. The van der Waals surface area contributed by atoms with E-state index in [9.17, 15) is 4.79 Å². The SMILES string of the molecule is CCN1C(=O)NC(c2ccc(C)c(C)c2)C(c2nc(-c3ccccc3)no2)=C1C. The van der Waals surface area contributed by atoms with Crippen LogP contribution in [0.25, 0.3) is 17.0 Å². The van der Waals surface area contributed by atoms with Crippen LogP contribution in [0.5, 0.6) is 0 Å². The highest BCUT2D eigenvalue weighted by Crippen LogP contribution is 2.37. The molecule has 0 radical (unpaired) electrons. The molecule has 3 aromatic rings. The molecule has 6 heteroatoms. The van der Waals surface area contributed by atoms with Crippen LogP contribution in [0.1, 0.15) is 42.5 Å². The summed E-state index contributed by atoms with van der Waals surface area (Å²) >= 11 is 0. The van der Waals surface area contributed by atoms with Gasteiger partial charge < -0.3 is 9.84 Å². The molecule has 1 aromatic heterocycles. The standard InChI is InChI=1S/C23H24N4O2/c1-5-27-16(4)19(22-25-21(26-29-22)17-9-7-6-8-10-17)20(24-23(27)28)18-12-11-14(2)15(3)13-18/h6-13,20H,5H2,1-4H3,(H,24,28). The molecule has 1 atom stereocenters. The second-order valence-corrected chi connectivity index (χ2v) is 7.26. The van der Waals surface area contributed by atoms with Crippen molar-refractivity contribution in [3.8, 4) is 11.4 Å². The van der Waals surface area contributed by atoms with Crippen LogP contribution in [0.4, 0.5) is 4.79 Å². The third kappa shape index (κ3) is 3.42. The summed E-state index contributed by atoms with van der Waals surface area (Å²) < 4.78 is 5.67. The van der Waals surface area contributed by atoms with Gasteiger partial charge in [-0.25, -0.2) is 4.79 Å². The molecule has 0 fully saturated rings. The van der Waals surface area contributed by atoms with Crippen molar-refractivity contribution in [3.63, 3.8) is 0 Å².